The average Bonchev–Trinajstić information content (AvgIpc) is 2.27. The zero-order valence-electron chi connectivity index (χ0n) is 10.2. The smallest absolute Gasteiger partial charge is 0.151 e. The number of nitrogens with zero attached hydrogens (tertiary/aromatic N) is 1. The molecule has 1 aromatic carbocycles. The number of benzene rings is 1. The maximum absolute atomic E-state index is 13.4. The second-order valence-electron chi connectivity index (χ2n) is 4.87. The van der Waals surface area contributed by atoms with Gasteiger partial charge in [0.2, 0.25) is 0 Å². The van der Waals surface area contributed by atoms with Crippen molar-refractivity contribution in [2.75, 3.05) is 17.2 Å². The highest BCUT2D eigenvalue weighted by Crippen LogP contribution is 2.33. The average molecular weight is 240 g/mol. The van der Waals surface area contributed by atoms with Gasteiger partial charge in [-0.2, -0.15) is 0 Å². The molecule has 0 spiro atoms. The van der Waals surface area contributed by atoms with Gasteiger partial charge in [-0.15, -0.1) is 0 Å². The first-order valence-electron chi connectivity index (χ1n) is 6.02. The van der Waals surface area contributed by atoms with Crippen LogP contribution in [0.5, 0.6) is 0 Å². The number of hydrogen-bond acceptors (Lipinski definition) is 2. The third-order valence-electron chi connectivity index (χ3n) is 3.76. The van der Waals surface area contributed by atoms with Gasteiger partial charge in [0.15, 0.2) is 5.82 Å². The number of nitrogen functional groups attached to an aromatic ring is 1. The molecule has 94 valence electrons. The summed E-state index contributed by atoms with van der Waals surface area (Å²) in [5.41, 5.74) is 6.24. The number of hydrogen-bond donors (Lipinski definition) is 1. The molecule has 1 aliphatic heterocycles. The molecule has 2 unspecified atom stereocenters. The van der Waals surface area contributed by atoms with E-state index < -0.39 is 11.6 Å². The molecule has 17 heavy (non-hydrogen) atoms. The van der Waals surface area contributed by atoms with Crippen LogP contribution in [-0.4, -0.2) is 12.6 Å². The highest BCUT2D eigenvalue weighted by atomic mass is 19.1. The Balaban J connectivity index is 2.39. The topological polar surface area (TPSA) is 29.3 Å². The highest BCUT2D eigenvalue weighted by Gasteiger charge is 2.27. The molecule has 0 aliphatic carbocycles. The maximum atomic E-state index is 13.4. The molecule has 0 radical (unpaired) electrons. The molecule has 1 aromatic rings. The normalized spacial score (nSPS) is 25.1. The van der Waals surface area contributed by atoms with E-state index >= 15 is 0 Å². The number of piperidine rings is 1. The fourth-order valence-corrected chi connectivity index (χ4v) is 2.48. The summed E-state index contributed by atoms with van der Waals surface area (Å²) in [6.45, 7) is 5.04. The molecule has 1 heterocycles. The lowest BCUT2D eigenvalue weighted by Crippen LogP contribution is -2.42. The van der Waals surface area contributed by atoms with Crippen LogP contribution >= 0.6 is 0 Å². The molecule has 1 aliphatic rings. The van der Waals surface area contributed by atoms with Crippen molar-refractivity contribution in [2.24, 2.45) is 5.92 Å². The summed E-state index contributed by atoms with van der Waals surface area (Å²) in [4.78, 5) is 2.01. The van der Waals surface area contributed by atoms with Gasteiger partial charge >= 0.3 is 0 Å². The third kappa shape index (κ3) is 2.21. The molecule has 2 nitrogen and oxygen atoms in total. The summed E-state index contributed by atoms with van der Waals surface area (Å²) in [5, 5.41) is 0. The van der Waals surface area contributed by atoms with Crippen LogP contribution in [0.1, 0.15) is 26.7 Å². The summed E-state index contributed by atoms with van der Waals surface area (Å²) >= 11 is 0. The van der Waals surface area contributed by atoms with E-state index in [2.05, 4.69) is 13.8 Å². The molecule has 0 saturated carbocycles. The van der Waals surface area contributed by atoms with E-state index in [-0.39, 0.29) is 11.7 Å². The first-order valence-corrected chi connectivity index (χ1v) is 6.02. The molecule has 0 bridgehead atoms. The number of halogens is 2. The second-order valence-corrected chi connectivity index (χ2v) is 4.87. The van der Waals surface area contributed by atoms with Crippen molar-refractivity contribution >= 4 is 11.4 Å². The molecule has 0 aromatic heterocycles. The summed E-state index contributed by atoms with van der Waals surface area (Å²) in [7, 11) is 0. The van der Waals surface area contributed by atoms with Gasteiger partial charge in [0.25, 0.3) is 0 Å². The number of nitrogens with two attached hydrogens (primary N) is 1. The molecule has 1 saturated heterocycles. The molecular formula is C13H18F2N2. The van der Waals surface area contributed by atoms with Crippen LogP contribution in [0.3, 0.4) is 0 Å². The molecule has 1 fully saturated rings. The van der Waals surface area contributed by atoms with E-state index in [0.717, 1.165) is 25.5 Å². The minimum absolute atomic E-state index is 0.0485. The fraction of sp³-hybridized carbons (Fsp3) is 0.538. The Morgan fingerprint density at radius 3 is 2.71 bits per heavy atom. The fourth-order valence-electron chi connectivity index (χ4n) is 2.48. The third-order valence-corrected chi connectivity index (χ3v) is 3.76. The number of rotatable bonds is 1. The van der Waals surface area contributed by atoms with Crippen LogP contribution in [0.2, 0.25) is 0 Å². The van der Waals surface area contributed by atoms with Crippen molar-refractivity contribution in [2.45, 2.75) is 32.7 Å². The molecule has 2 N–H and O–H groups in total. The quantitative estimate of drug-likeness (QED) is 0.764. The van der Waals surface area contributed by atoms with Gasteiger partial charge < -0.3 is 10.6 Å². The Morgan fingerprint density at radius 1 is 1.29 bits per heavy atom. The zero-order chi connectivity index (χ0) is 12.6. The monoisotopic (exact) mass is 240 g/mol. The van der Waals surface area contributed by atoms with Crippen LogP contribution < -0.4 is 10.6 Å². The van der Waals surface area contributed by atoms with Crippen LogP contribution in [-0.2, 0) is 0 Å². The van der Waals surface area contributed by atoms with Crippen molar-refractivity contribution in [3.63, 3.8) is 0 Å². The van der Waals surface area contributed by atoms with Crippen LogP contribution in [0, 0.1) is 17.6 Å². The Kier molecular flexibility index (Phi) is 3.22. The molecule has 0 amide bonds. The summed E-state index contributed by atoms with van der Waals surface area (Å²) in [5.74, 6) is -0.739. The van der Waals surface area contributed by atoms with Gasteiger partial charge in [-0.3, -0.25) is 0 Å². The van der Waals surface area contributed by atoms with Gasteiger partial charge in [0.1, 0.15) is 5.82 Å². The Bertz CT molecular complexity index is 420. The predicted molar refractivity (Wildman–Crippen MR) is 66.0 cm³/mol. The molecule has 2 rings (SSSR count). The van der Waals surface area contributed by atoms with Crippen molar-refractivity contribution in [1.29, 1.82) is 0 Å². The van der Waals surface area contributed by atoms with Gasteiger partial charge in [-0.25, -0.2) is 8.78 Å². The zero-order valence-corrected chi connectivity index (χ0v) is 10.2. The molecule has 2 atom stereocenters. The van der Waals surface area contributed by atoms with Gasteiger partial charge in [-0.05, 0) is 31.7 Å². The van der Waals surface area contributed by atoms with Crippen molar-refractivity contribution in [3.05, 3.63) is 23.8 Å². The largest absolute Gasteiger partial charge is 0.395 e. The predicted octanol–water partition coefficient (Wildman–Crippen LogP) is 3.17. The number of anilines is 2. The minimum atomic E-state index is -0.676. The van der Waals surface area contributed by atoms with Crippen molar-refractivity contribution in [3.8, 4) is 0 Å². The van der Waals surface area contributed by atoms with E-state index in [4.69, 9.17) is 5.73 Å². The van der Waals surface area contributed by atoms with Crippen LogP contribution in [0.4, 0.5) is 20.2 Å². The van der Waals surface area contributed by atoms with Crippen LogP contribution in [0.15, 0.2) is 12.1 Å². The lowest BCUT2D eigenvalue weighted by atomic mass is 9.91. The Morgan fingerprint density at radius 2 is 2.00 bits per heavy atom. The summed E-state index contributed by atoms with van der Waals surface area (Å²) < 4.78 is 26.7. The van der Waals surface area contributed by atoms with E-state index in [1.165, 1.54) is 6.07 Å². The lowest BCUT2D eigenvalue weighted by molar-refractivity contribution is 0.363. The molecular weight excluding hydrogens is 222 g/mol. The minimum Gasteiger partial charge on any atom is -0.395 e. The van der Waals surface area contributed by atoms with E-state index in [1.807, 2.05) is 4.90 Å². The van der Waals surface area contributed by atoms with Crippen molar-refractivity contribution in [1.82, 2.24) is 0 Å². The van der Waals surface area contributed by atoms with Crippen molar-refractivity contribution < 1.29 is 8.78 Å². The second kappa shape index (κ2) is 4.51. The first-order chi connectivity index (χ1) is 8.00. The summed E-state index contributed by atoms with van der Waals surface area (Å²) in [6.07, 6.45) is 2.18. The SMILES string of the molecule is CC1CCCN(c2cc(F)cc(F)c2N)C1C. The van der Waals surface area contributed by atoms with Crippen LogP contribution in [0.25, 0.3) is 0 Å². The Labute approximate surface area is 100 Å². The van der Waals surface area contributed by atoms with E-state index in [1.54, 1.807) is 0 Å². The van der Waals surface area contributed by atoms with Gasteiger partial charge in [0, 0.05) is 18.7 Å². The molecule has 4 heteroatoms. The van der Waals surface area contributed by atoms with Gasteiger partial charge in [-0.1, -0.05) is 6.92 Å². The van der Waals surface area contributed by atoms with E-state index in [0.29, 0.717) is 11.6 Å². The van der Waals surface area contributed by atoms with Gasteiger partial charge in [0.05, 0.1) is 11.4 Å². The first kappa shape index (κ1) is 12.1. The summed E-state index contributed by atoms with van der Waals surface area (Å²) in [6, 6.07) is 2.41. The lowest BCUT2D eigenvalue weighted by Gasteiger charge is -2.40. The maximum Gasteiger partial charge on any atom is 0.151 e. The van der Waals surface area contributed by atoms with E-state index in [9.17, 15) is 8.78 Å². The highest BCUT2D eigenvalue weighted by molar-refractivity contribution is 5.68. The Hall–Kier alpha value is -1.32. The standard InChI is InChI=1S/C13H18F2N2/c1-8-4-3-5-17(9(8)2)12-7-10(14)6-11(15)13(12)16/h6-9H,3-5,16H2,1-2H3.